The summed E-state index contributed by atoms with van der Waals surface area (Å²) in [5.41, 5.74) is 1.05. The summed E-state index contributed by atoms with van der Waals surface area (Å²) >= 11 is 0. The van der Waals surface area contributed by atoms with Crippen molar-refractivity contribution in [2.45, 2.75) is 64.5 Å². The van der Waals surface area contributed by atoms with Gasteiger partial charge in [-0.05, 0) is 50.2 Å². The number of amides is 2. The van der Waals surface area contributed by atoms with Crippen LogP contribution in [0.15, 0.2) is 18.2 Å². The van der Waals surface area contributed by atoms with Gasteiger partial charge in [0.2, 0.25) is 0 Å². The van der Waals surface area contributed by atoms with Crippen molar-refractivity contribution >= 4 is 11.7 Å². The summed E-state index contributed by atoms with van der Waals surface area (Å²) < 4.78 is 29.9. The molecule has 2 saturated carbocycles. The molecule has 138 valence electrons. The standard InChI is InChI=1S/C19H26F2N2O2/c1-13-6-5-9-16(25-18(20)21)17(13)22-19(24)23(12-14-10-11-14)15-7-3-2-4-8-15/h5-6,9,14-15,18H,2-4,7-8,10-12H2,1H3,(H,22,24). The largest absolute Gasteiger partial charge is 0.433 e. The van der Waals surface area contributed by atoms with Crippen LogP contribution in [0.5, 0.6) is 5.75 Å². The number of nitrogens with one attached hydrogen (secondary N) is 1. The molecule has 0 spiro atoms. The third-order valence-corrected chi connectivity index (χ3v) is 5.11. The fourth-order valence-electron chi connectivity index (χ4n) is 3.54. The van der Waals surface area contributed by atoms with Crippen LogP contribution < -0.4 is 10.1 Å². The SMILES string of the molecule is Cc1cccc(OC(F)F)c1NC(=O)N(CC1CC1)C1CCCCC1. The monoisotopic (exact) mass is 352 g/mol. The van der Waals surface area contributed by atoms with Gasteiger partial charge in [0.15, 0.2) is 0 Å². The Bertz CT molecular complexity index is 599. The molecule has 4 nitrogen and oxygen atoms in total. The Morgan fingerprint density at radius 1 is 1.24 bits per heavy atom. The zero-order valence-corrected chi connectivity index (χ0v) is 14.6. The van der Waals surface area contributed by atoms with Crippen LogP contribution in [0.3, 0.4) is 0 Å². The Balaban J connectivity index is 1.76. The van der Waals surface area contributed by atoms with Crippen molar-refractivity contribution in [2.75, 3.05) is 11.9 Å². The van der Waals surface area contributed by atoms with Gasteiger partial charge in [-0.3, -0.25) is 0 Å². The molecule has 25 heavy (non-hydrogen) atoms. The first-order valence-electron chi connectivity index (χ1n) is 9.16. The minimum Gasteiger partial charge on any atom is -0.433 e. The number of urea groups is 1. The van der Waals surface area contributed by atoms with E-state index >= 15 is 0 Å². The second-order valence-electron chi connectivity index (χ2n) is 7.14. The number of benzene rings is 1. The first-order valence-corrected chi connectivity index (χ1v) is 9.16. The van der Waals surface area contributed by atoms with Crippen LogP contribution in [0.4, 0.5) is 19.3 Å². The Morgan fingerprint density at radius 3 is 2.60 bits per heavy atom. The summed E-state index contributed by atoms with van der Waals surface area (Å²) in [7, 11) is 0. The lowest BCUT2D eigenvalue weighted by Crippen LogP contribution is -2.45. The quantitative estimate of drug-likeness (QED) is 0.767. The molecule has 2 amide bonds. The second-order valence-corrected chi connectivity index (χ2v) is 7.14. The van der Waals surface area contributed by atoms with Gasteiger partial charge in [-0.2, -0.15) is 8.78 Å². The number of hydrogen-bond donors (Lipinski definition) is 1. The number of carbonyl (C=O) groups is 1. The molecule has 0 aliphatic heterocycles. The van der Waals surface area contributed by atoms with Crippen molar-refractivity contribution in [3.05, 3.63) is 23.8 Å². The fourth-order valence-corrected chi connectivity index (χ4v) is 3.54. The first kappa shape index (κ1) is 18.0. The van der Waals surface area contributed by atoms with E-state index in [2.05, 4.69) is 10.1 Å². The third-order valence-electron chi connectivity index (χ3n) is 5.11. The summed E-state index contributed by atoms with van der Waals surface area (Å²) in [5.74, 6) is 0.597. The maximum absolute atomic E-state index is 12.9. The molecule has 1 aromatic rings. The second kappa shape index (κ2) is 8.02. The van der Waals surface area contributed by atoms with Gasteiger partial charge in [-0.25, -0.2) is 4.79 Å². The Morgan fingerprint density at radius 2 is 1.96 bits per heavy atom. The summed E-state index contributed by atoms with van der Waals surface area (Å²) in [5, 5.41) is 2.84. The molecule has 2 fully saturated rings. The highest BCUT2D eigenvalue weighted by atomic mass is 19.3. The van der Waals surface area contributed by atoms with Crippen LogP contribution in [-0.4, -0.2) is 30.1 Å². The number of hydrogen-bond acceptors (Lipinski definition) is 2. The van der Waals surface area contributed by atoms with Crippen LogP contribution in [-0.2, 0) is 0 Å². The summed E-state index contributed by atoms with van der Waals surface area (Å²) in [6.07, 6.45) is 7.88. The van der Waals surface area contributed by atoms with Gasteiger partial charge < -0.3 is 15.0 Å². The number of carbonyl (C=O) groups excluding carboxylic acids is 1. The van der Waals surface area contributed by atoms with Gasteiger partial charge in [0.05, 0.1) is 5.69 Å². The molecule has 0 saturated heterocycles. The van der Waals surface area contributed by atoms with E-state index in [9.17, 15) is 13.6 Å². The van der Waals surface area contributed by atoms with Crippen LogP contribution >= 0.6 is 0 Å². The van der Waals surface area contributed by atoms with Crippen molar-refractivity contribution < 1.29 is 18.3 Å². The van der Waals surface area contributed by atoms with Crippen LogP contribution in [0, 0.1) is 12.8 Å². The van der Waals surface area contributed by atoms with Gasteiger partial charge in [-0.15, -0.1) is 0 Å². The fraction of sp³-hybridized carbons (Fsp3) is 0.632. The number of para-hydroxylation sites is 1. The number of aryl methyl sites for hydroxylation is 1. The minimum absolute atomic E-state index is 0.0124. The zero-order chi connectivity index (χ0) is 17.8. The normalized spacial score (nSPS) is 18.2. The lowest BCUT2D eigenvalue weighted by Gasteiger charge is -2.34. The van der Waals surface area contributed by atoms with Gasteiger partial charge in [0, 0.05) is 12.6 Å². The third kappa shape index (κ3) is 4.83. The van der Waals surface area contributed by atoms with Gasteiger partial charge >= 0.3 is 12.6 Å². The van der Waals surface area contributed by atoms with E-state index in [0.717, 1.165) is 32.2 Å². The van der Waals surface area contributed by atoms with E-state index in [1.807, 2.05) is 4.90 Å². The van der Waals surface area contributed by atoms with Crippen molar-refractivity contribution in [3.8, 4) is 5.75 Å². The molecule has 3 rings (SSSR count). The average Bonchev–Trinajstić information content (AvgIpc) is 3.40. The number of rotatable bonds is 6. The highest BCUT2D eigenvalue weighted by Gasteiger charge is 2.32. The minimum atomic E-state index is -2.92. The Labute approximate surface area is 147 Å². The van der Waals surface area contributed by atoms with Crippen molar-refractivity contribution in [1.82, 2.24) is 4.90 Å². The first-order chi connectivity index (χ1) is 12.0. The van der Waals surface area contributed by atoms with E-state index in [-0.39, 0.29) is 17.8 Å². The van der Waals surface area contributed by atoms with Crippen molar-refractivity contribution in [1.29, 1.82) is 0 Å². The van der Waals surface area contributed by atoms with E-state index in [1.165, 1.54) is 25.3 Å². The number of alkyl halides is 2. The molecular formula is C19H26F2N2O2. The van der Waals surface area contributed by atoms with E-state index < -0.39 is 6.61 Å². The molecule has 1 N–H and O–H groups in total. The molecular weight excluding hydrogens is 326 g/mol. The molecule has 0 bridgehead atoms. The molecule has 0 unspecified atom stereocenters. The number of anilines is 1. The predicted octanol–water partition coefficient (Wildman–Crippen LogP) is 5.17. The van der Waals surface area contributed by atoms with Gasteiger partial charge in [0.1, 0.15) is 5.75 Å². The number of ether oxygens (including phenoxy) is 1. The zero-order valence-electron chi connectivity index (χ0n) is 14.6. The smallest absolute Gasteiger partial charge is 0.387 e. The van der Waals surface area contributed by atoms with E-state index in [4.69, 9.17) is 0 Å². The maximum atomic E-state index is 12.9. The predicted molar refractivity (Wildman–Crippen MR) is 93.1 cm³/mol. The Kier molecular flexibility index (Phi) is 5.76. The van der Waals surface area contributed by atoms with Gasteiger partial charge in [0.25, 0.3) is 0 Å². The molecule has 0 aromatic heterocycles. The molecule has 6 heteroatoms. The molecule has 0 atom stereocenters. The highest BCUT2D eigenvalue weighted by molar-refractivity contribution is 5.92. The maximum Gasteiger partial charge on any atom is 0.387 e. The topological polar surface area (TPSA) is 41.6 Å². The van der Waals surface area contributed by atoms with Crippen LogP contribution in [0.2, 0.25) is 0 Å². The molecule has 0 heterocycles. The van der Waals surface area contributed by atoms with Crippen molar-refractivity contribution in [3.63, 3.8) is 0 Å². The number of halogens is 2. The average molecular weight is 352 g/mol. The summed E-state index contributed by atoms with van der Waals surface area (Å²) in [4.78, 5) is 14.9. The lowest BCUT2D eigenvalue weighted by atomic mass is 9.94. The summed E-state index contributed by atoms with van der Waals surface area (Å²) in [6.45, 7) is -0.383. The Hall–Kier alpha value is -1.85. The molecule has 1 aromatic carbocycles. The van der Waals surface area contributed by atoms with Crippen molar-refractivity contribution in [2.24, 2.45) is 5.92 Å². The molecule has 2 aliphatic carbocycles. The highest BCUT2D eigenvalue weighted by Crippen LogP contribution is 2.34. The van der Waals surface area contributed by atoms with E-state index in [0.29, 0.717) is 17.2 Å². The lowest BCUT2D eigenvalue weighted by molar-refractivity contribution is -0.0493. The van der Waals surface area contributed by atoms with Crippen LogP contribution in [0.1, 0.15) is 50.5 Å². The van der Waals surface area contributed by atoms with Crippen LogP contribution in [0.25, 0.3) is 0 Å². The number of nitrogens with zero attached hydrogens (tertiary/aromatic N) is 1. The molecule has 0 radical (unpaired) electrons. The molecule has 2 aliphatic rings. The van der Waals surface area contributed by atoms with E-state index in [1.54, 1.807) is 19.1 Å². The van der Waals surface area contributed by atoms with Gasteiger partial charge in [-0.1, -0.05) is 31.4 Å². The summed E-state index contributed by atoms with van der Waals surface area (Å²) in [6, 6.07) is 4.93.